The van der Waals surface area contributed by atoms with Crippen molar-refractivity contribution in [3.8, 4) is 0 Å². The van der Waals surface area contributed by atoms with E-state index in [4.69, 9.17) is 0 Å². The minimum absolute atomic E-state index is 0.430. The van der Waals surface area contributed by atoms with E-state index in [2.05, 4.69) is 76.9 Å². The molecule has 21 heavy (non-hydrogen) atoms. The maximum atomic E-state index is 3.56. The zero-order valence-electron chi connectivity index (χ0n) is 14.5. The molecule has 3 unspecified atom stereocenters. The molecule has 0 saturated heterocycles. The van der Waals surface area contributed by atoms with Gasteiger partial charge in [0.05, 0.1) is 0 Å². The third-order valence-corrected chi connectivity index (χ3v) is 6.53. The van der Waals surface area contributed by atoms with Crippen LogP contribution in [0.3, 0.4) is 0 Å². The van der Waals surface area contributed by atoms with Gasteiger partial charge in [-0.25, -0.2) is 0 Å². The van der Waals surface area contributed by atoms with E-state index >= 15 is 0 Å². The first-order chi connectivity index (χ1) is 9.81. The van der Waals surface area contributed by atoms with E-state index < -0.39 is 0 Å². The Labute approximate surface area is 135 Å². The van der Waals surface area contributed by atoms with Crippen LogP contribution in [0.2, 0.25) is 0 Å². The first-order valence-corrected chi connectivity index (χ1v) is 9.10. The second-order valence-corrected chi connectivity index (χ2v) is 8.98. The molecule has 0 heterocycles. The van der Waals surface area contributed by atoms with Gasteiger partial charge in [-0.2, -0.15) is 0 Å². The monoisotopic (exact) mass is 305 g/mol. The average Bonchev–Trinajstić information content (AvgIpc) is 2.42. The van der Waals surface area contributed by atoms with Crippen LogP contribution in [0.15, 0.2) is 23.1 Å². The molecule has 1 N–H and O–H groups in total. The predicted octanol–water partition coefficient (Wildman–Crippen LogP) is 5.20. The van der Waals surface area contributed by atoms with Gasteiger partial charge in [-0.15, -0.1) is 11.8 Å². The normalized spacial score (nSPS) is 26.9. The van der Waals surface area contributed by atoms with Gasteiger partial charge in [0.25, 0.3) is 0 Å². The molecule has 1 aliphatic rings. The topological polar surface area (TPSA) is 12.0 Å². The standard InChI is InChI=1S/C19H31NS/c1-13-7-8-14(2)17(11-13)21-18-12-15(19(3,4)5)9-10-16(18)20-6/h7-8,11,15-16,18,20H,9-10,12H2,1-6H3. The van der Waals surface area contributed by atoms with Crippen molar-refractivity contribution in [1.82, 2.24) is 5.32 Å². The van der Waals surface area contributed by atoms with Crippen LogP contribution < -0.4 is 5.32 Å². The summed E-state index contributed by atoms with van der Waals surface area (Å²) in [6.45, 7) is 11.6. The lowest BCUT2D eigenvalue weighted by atomic mass is 9.71. The summed E-state index contributed by atoms with van der Waals surface area (Å²) in [6, 6.07) is 7.48. The van der Waals surface area contributed by atoms with Gasteiger partial charge < -0.3 is 5.32 Å². The molecule has 1 aromatic carbocycles. The Bertz CT molecular complexity index is 475. The first-order valence-electron chi connectivity index (χ1n) is 8.22. The number of hydrogen-bond acceptors (Lipinski definition) is 2. The van der Waals surface area contributed by atoms with Gasteiger partial charge in [-0.1, -0.05) is 38.5 Å². The highest BCUT2D eigenvalue weighted by Crippen LogP contribution is 2.43. The van der Waals surface area contributed by atoms with E-state index in [1.807, 2.05) is 0 Å². The van der Waals surface area contributed by atoms with Crippen molar-refractivity contribution in [2.45, 2.75) is 70.1 Å². The fourth-order valence-corrected chi connectivity index (χ4v) is 4.97. The molecule has 3 atom stereocenters. The SMILES string of the molecule is CNC1CCC(C(C)(C)C)CC1Sc1cc(C)ccc1C. The van der Waals surface area contributed by atoms with Crippen LogP contribution in [-0.2, 0) is 0 Å². The maximum Gasteiger partial charge on any atom is 0.0251 e. The Morgan fingerprint density at radius 1 is 1.14 bits per heavy atom. The van der Waals surface area contributed by atoms with Gasteiger partial charge in [0.2, 0.25) is 0 Å². The highest BCUT2D eigenvalue weighted by Gasteiger charge is 2.35. The lowest BCUT2D eigenvalue weighted by Crippen LogP contribution is -2.43. The number of benzene rings is 1. The van der Waals surface area contributed by atoms with Crippen LogP contribution in [0, 0.1) is 25.2 Å². The van der Waals surface area contributed by atoms with Crippen LogP contribution >= 0.6 is 11.8 Å². The summed E-state index contributed by atoms with van der Waals surface area (Å²) in [6.07, 6.45) is 3.99. The molecule has 1 nitrogen and oxygen atoms in total. The Balaban J connectivity index is 2.16. The minimum atomic E-state index is 0.430. The zero-order valence-corrected chi connectivity index (χ0v) is 15.3. The van der Waals surface area contributed by atoms with Crippen molar-refractivity contribution >= 4 is 11.8 Å². The van der Waals surface area contributed by atoms with E-state index in [0.29, 0.717) is 16.7 Å². The van der Waals surface area contributed by atoms with E-state index in [0.717, 1.165) is 5.92 Å². The molecular formula is C19H31NS. The lowest BCUT2D eigenvalue weighted by Gasteiger charge is -2.41. The van der Waals surface area contributed by atoms with Crippen LogP contribution in [0.25, 0.3) is 0 Å². The molecule has 0 aromatic heterocycles. The molecule has 1 aromatic rings. The van der Waals surface area contributed by atoms with Gasteiger partial charge in [0, 0.05) is 16.2 Å². The lowest BCUT2D eigenvalue weighted by molar-refractivity contribution is 0.167. The van der Waals surface area contributed by atoms with E-state index in [1.54, 1.807) is 0 Å². The quantitative estimate of drug-likeness (QED) is 0.824. The average molecular weight is 306 g/mol. The van der Waals surface area contributed by atoms with Crippen molar-refractivity contribution < 1.29 is 0 Å². The van der Waals surface area contributed by atoms with Crippen LogP contribution in [0.1, 0.15) is 51.2 Å². The molecule has 2 rings (SSSR count). The summed E-state index contributed by atoms with van der Waals surface area (Å²) >= 11 is 2.10. The number of hydrogen-bond donors (Lipinski definition) is 1. The highest BCUT2D eigenvalue weighted by atomic mass is 32.2. The molecule has 0 radical (unpaired) electrons. The Morgan fingerprint density at radius 2 is 1.86 bits per heavy atom. The fourth-order valence-electron chi connectivity index (χ4n) is 3.37. The van der Waals surface area contributed by atoms with Gasteiger partial charge in [-0.3, -0.25) is 0 Å². The van der Waals surface area contributed by atoms with Gasteiger partial charge >= 0.3 is 0 Å². The maximum absolute atomic E-state index is 3.56. The van der Waals surface area contributed by atoms with Crippen LogP contribution in [0.5, 0.6) is 0 Å². The van der Waals surface area contributed by atoms with Crippen LogP contribution in [0.4, 0.5) is 0 Å². The minimum Gasteiger partial charge on any atom is -0.316 e. The third-order valence-electron chi connectivity index (χ3n) is 5.01. The number of thioether (sulfide) groups is 1. The second kappa shape index (κ2) is 6.75. The van der Waals surface area contributed by atoms with Crippen molar-refractivity contribution in [3.05, 3.63) is 29.3 Å². The summed E-state index contributed by atoms with van der Waals surface area (Å²) in [5.41, 5.74) is 3.21. The van der Waals surface area contributed by atoms with Gasteiger partial charge in [-0.05, 0) is 63.1 Å². The molecular weight excluding hydrogens is 274 g/mol. The van der Waals surface area contributed by atoms with Gasteiger partial charge in [0.1, 0.15) is 0 Å². The van der Waals surface area contributed by atoms with Crippen molar-refractivity contribution in [2.24, 2.45) is 11.3 Å². The first kappa shape index (κ1) is 16.9. The van der Waals surface area contributed by atoms with Crippen LogP contribution in [-0.4, -0.2) is 18.3 Å². The molecule has 1 fully saturated rings. The van der Waals surface area contributed by atoms with E-state index in [9.17, 15) is 0 Å². The summed E-state index contributed by atoms with van der Waals surface area (Å²) in [4.78, 5) is 1.47. The Morgan fingerprint density at radius 3 is 2.48 bits per heavy atom. The molecule has 0 amide bonds. The Hall–Kier alpha value is -0.470. The molecule has 1 saturated carbocycles. The number of rotatable bonds is 3. The summed E-state index contributed by atoms with van der Waals surface area (Å²) < 4.78 is 0. The molecule has 2 heteroatoms. The van der Waals surface area contributed by atoms with Crippen molar-refractivity contribution in [2.75, 3.05) is 7.05 Å². The Kier molecular flexibility index (Phi) is 5.43. The third kappa shape index (κ3) is 4.26. The summed E-state index contributed by atoms with van der Waals surface area (Å²) in [5.74, 6) is 0.838. The smallest absolute Gasteiger partial charge is 0.0251 e. The summed E-state index contributed by atoms with van der Waals surface area (Å²) in [7, 11) is 2.12. The predicted molar refractivity (Wildman–Crippen MR) is 95.2 cm³/mol. The van der Waals surface area contributed by atoms with Gasteiger partial charge in [0.15, 0.2) is 0 Å². The van der Waals surface area contributed by atoms with Crippen molar-refractivity contribution in [3.63, 3.8) is 0 Å². The molecule has 1 aliphatic carbocycles. The largest absolute Gasteiger partial charge is 0.316 e. The molecule has 118 valence electrons. The number of aryl methyl sites for hydroxylation is 2. The second-order valence-electron chi connectivity index (χ2n) is 7.70. The highest BCUT2D eigenvalue weighted by molar-refractivity contribution is 8.00. The molecule has 0 spiro atoms. The fraction of sp³-hybridized carbons (Fsp3) is 0.684. The summed E-state index contributed by atoms with van der Waals surface area (Å²) in [5, 5.41) is 4.25. The zero-order chi connectivity index (χ0) is 15.6. The van der Waals surface area contributed by atoms with E-state index in [1.165, 1.54) is 35.3 Å². The molecule has 0 bridgehead atoms. The van der Waals surface area contributed by atoms with E-state index in [-0.39, 0.29) is 0 Å². The number of nitrogens with one attached hydrogen (secondary N) is 1. The molecule has 0 aliphatic heterocycles. The van der Waals surface area contributed by atoms with Crippen molar-refractivity contribution in [1.29, 1.82) is 0 Å².